The average molecular weight is 573 g/mol. The number of para-hydroxylation sites is 1. The van der Waals surface area contributed by atoms with Crippen molar-refractivity contribution in [3.8, 4) is 16.9 Å². The van der Waals surface area contributed by atoms with Gasteiger partial charge in [-0.2, -0.15) is 14.6 Å². The minimum Gasteiger partial charge on any atom is -0.423 e. The monoisotopic (exact) mass is 572 g/mol. The second-order valence-electron chi connectivity index (χ2n) is 9.87. The molecule has 42 heavy (non-hydrogen) atoms. The average Bonchev–Trinajstić information content (AvgIpc) is 3.66. The Morgan fingerprint density at radius 3 is 2.79 bits per heavy atom. The van der Waals surface area contributed by atoms with E-state index in [4.69, 9.17) is 19.1 Å². The Balaban J connectivity index is 1.30. The number of halogens is 1. The summed E-state index contributed by atoms with van der Waals surface area (Å²) >= 11 is 0. The molecule has 2 N–H and O–H groups in total. The number of anilines is 1. The molecule has 0 unspecified atom stereocenters. The van der Waals surface area contributed by atoms with Crippen LogP contribution < -0.4 is 10.6 Å². The summed E-state index contributed by atoms with van der Waals surface area (Å²) in [4.78, 5) is 32.0. The number of nitrogens with zero attached hydrogens (tertiary/aromatic N) is 6. The van der Waals surface area contributed by atoms with Crippen LogP contribution in [0, 0.1) is 19.8 Å². The maximum atomic E-state index is 14.0. The number of hydrogen-bond acceptors (Lipinski definition) is 9. The molecule has 5 heterocycles. The summed E-state index contributed by atoms with van der Waals surface area (Å²) in [6, 6.07) is 13.4. The van der Waals surface area contributed by atoms with E-state index in [9.17, 15) is 9.18 Å². The SMILES string of the molecule is COCCN1C[C@@H](NC(=O)Nc2c(C)c(-c3cnc4oc(C)nc4c3)nn2-c2ccccc2)[C@H](c2ccnc(F)c2)O1. The largest absolute Gasteiger partial charge is 0.423 e. The number of carbonyl (C=O) groups excluding carboxylic acids is 1. The minimum atomic E-state index is -0.627. The number of amides is 2. The highest BCUT2D eigenvalue weighted by molar-refractivity contribution is 5.91. The van der Waals surface area contributed by atoms with Crippen LogP contribution in [0.15, 0.2) is 65.3 Å². The lowest BCUT2D eigenvalue weighted by Crippen LogP contribution is -2.42. The first kappa shape index (κ1) is 27.4. The lowest BCUT2D eigenvalue weighted by Gasteiger charge is -2.19. The summed E-state index contributed by atoms with van der Waals surface area (Å²) in [5.41, 5.74) is 4.46. The summed E-state index contributed by atoms with van der Waals surface area (Å²) in [5.74, 6) is 0.370. The Labute approximate surface area is 240 Å². The molecule has 5 aromatic rings. The second kappa shape index (κ2) is 11.6. The van der Waals surface area contributed by atoms with Gasteiger partial charge >= 0.3 is 6.03 Å². The van der Waals surface area contributed by atoms with Gasteiger partial charge in [-0.3, -0.25) is 10.2 Å². The molecule has 216 valence electrons. The number of urea groups is 1. The Kier molecular flexibility index (Phi) is 7.61. The Hall–Kier alpha value is -4.72. The van der Waals surface area contributed by atoms with Gasteiger partial charge in [0.05, 0.1) is 24.0 Å². The molecule has 1 saturated heterocycles. The van der Waals surface area contributed by atoms with E-state index in [1.807, 2.05) is 43.3 Å². The van der Waals surface area contributed by atoms with Crippen LogP contribution in [0.25, 0.3) is 28.2 Å². The molecule has 0 spiro atoms. The molecule has 13 heteroatoms. The van der Waals surface area contributed by atoms with Crippen molar-refractivity contribution in [2.24, 2.45) is 0 Å². The fourth-order valence-electron chi connectivity index (χ4n) is 4.98. The lowest BCUT2D eigenvalue weighted by molar-refractivity contribution is -0.154. The molecule has 0 saturated carbocycles. The van der Waals surface area contributed by atoms with Crippen molar-refractivity contribution in [2.45, 2.75) is 26.0 Å². The van der Waals surface area contributed by atoms with Gasteiger partial charge in [0.15, 0.2) is 5.89 Å². The predicted octanol–water partition coefficient (Wildman–Crippen LogP) is 4.35. The van der Waals surface area contributed by atoms with Gasteiger partial charge in [-0.15, -0.1) is 0 Å². The van der Waals surface area contributed by atoms with Crippen LogP contribution in [0.2, 0.25) is 0 Å². The zero-order chi connectivity index (χ0) is 29.2. The topological polar surface area (TPSA) is 132 Å². The van der Waals surface area contributed by atoms with E-state index in [1.54, 1.807) is 36.0 Å². The first-order chi connectivity index (χ1) is 20.4. The molecule has 1 aliphatic rings. The Morgan fingerprint density at radius 2 is 2.00 bits per heavy atom. The van der Waals surface area contributed by atoms with E-state index in [2.05, 4.69) is 25.6 Å². The van der Waals surface area contributed by atoms with Crippen LogP contribution >= 0.6 is 0 Å². The maximum absolute atomic E-state index is 14.0. The number of aryl methyl sites for hydroxylation is 1. The van der Waals surface area contributed by atoms with Gasteiger partial charge in [-0.05, 0) is 42.8 Å². The fraction of sp³-hybridized carbons (Fsp3) is 0.276. The zero-order valence-electron chi connectivity index (χ0n) is 23.2. The summed E-state index contributed by atoms with van der Waals surface area (Å²) in [6.07, 6.45) is 2.42. The first-order valence-electron chi connectivity index (χ1n) is 13.4. The van der Waals surface area contributed by atoms with Crippen LogP contribution in [0.4, 0.5) is 15.0 Å². The van der Waals surface area contributed by atoms with E-state index >= 15 is 0 Å². The van der Waals surface area contributed by atoms with Crippen molar-refractivity contribution in [3.63, 3.8) is 0 Å². The summed E-state index contributed by atoms with van der Waals surface area (Å²) in [6.45, 7) is 4.93. The molecule has 0 bridgehead atoms. The number of carbonyl (C=O) groups is 1. The highest BCUT2D eigenvalue weighted by Crippen LogP contribution is 2.33. The molecule has 4 aromatic heterocycles. The zero-order valence-corrected chi connectivity index (χ0v) is 23.2. The number of nitrogens with one attached hydrogen (secondary N) is 2. The van der Waals surface area contributed by atoms with Gasteiger partial charge in [0, 0.05) is 50.6 Å². The van der Waals surface area contributed by atoms with Crippen LogP contribution in [-0.2, 0) is 9.57 Å². The quantitative estimate of drug-likeness (QED) is 0.260. The third-order valence-corrected chi connectivity index (χ3v) is 6.95. The summed E-state index contributed by atoms with van der Waals surface area (Å²) < 4.78 is 26.3. The maximum Gasteiger partial charge on any atom is 0.320 e. The predicted molar refractivity (Wildman–Crippen MR) is 151 cm³/mol. The number of hydroxylamine groups is 2. The number of oxazole rings is 1. The van der Waals surface area contributed by atoms with Crippen molar-refractivity contribution >= 4 is 23.1 Å². The molecule has 6 rings (SSSR count). The molecule has 12 nitrogen and oxygen atoms in total. The molecule has 0 aliphatic carbocycles. The third kappa shape index (κ3) is 5.57. The first-order valence-corrected chi connectivity index (χ1v) is 13.4. The highest BCUT2D eigenvalue weighted by atomic mass is 19.1. The van der Waals surface area contributed by atoms with Gasteiger partial charge in [0.2, 0.25) is 11.7 Å². The van der Waals surface area contributed by atoms with E-state index < -0.39 is 24.1 Å². The summed E-state index contributed by atoms with van der Waals surface area (Å²) in [7, 11) is 1.60. The van der Waals surface area contributed by atoms with E-state index in [0.717, 1.165) is 16.8 Å². The number of pyridine rings is 2. The lowest BCUT2D eigenvalue weighted by atomic mass is 10.0. The third-order valence-electron chi connectivity index (χ3n) is 6.95. The molecule has 1 fully saturated rings. The van der Waals surface area contributed by atoms with Gasteiger partial charge in [-0.25, -0.2) is 24.4 Å². The molecule has 0 radical (unpaired) electrons. The van der Waals surface area contributed by atoms with E-state index in [-0.39, 0.29) is 0 Å². The van der Waals surface area contributed by atoms with Crippen molar-refractivity contribution < 1.29 is 23.2 Å². The molecule has 1 aromatic carbocycles. The number of aromatic nitrogens is 5. The van der Waals surface area contributed by atoms with Gasteiger partial charge in [0.25, 0.3) is 0 Å². The van der Waals surface area contributed by atoms with Crippen LogP contribution in [-0.4, -0.2) is 68.7 Å². The second-order valence-corrected chi connectivity index (χ2v) is 9.87. The minimum absolute atomic E-state index is 0.371. The molecule has 1 aliphatic heterocycles. The van der Waals surface area contributed by atoms with E-state index in [1.165, 1.54) is 12.3 Å². The molecular weight excluding hydrogens is 543 g/mol. The Bertz CT molecular complexity index is 1720. The standard InChI is InChI=1S/C29H29FN8O4/c1-17-25(20-13-22-28(32-15-20)41-18(2)33-22)36-38(21-7-5-4-6-8-21)27(17)35-29(39)34-23-16-37(11-12-40-3)42-26(23)19-9-10-31-24(30)14-19/h4-10,13-15,23,26H,11-12,16H2,1-3H3,(H2,34,35,39)/t23-,26+/m1/s1. The van der Waals surface area contributed by atoms with Gasteiger partial charge < -0.3 is 14.5 Å². The van der Waals surface area contributed by atoms with Crippen LogP contribution in [0.5, 0.6) is 0 Å². The summed E-state index contributed by atoms with van der Waals surface area (Å²) in [5, 5.41) is 12.5. The van der Waals surface area contributed by atoms with Gasteiger partial charge in [-0.1, -0.05) is 18.2 Å². The Morgan fingerprint density at radius 1 is 1.17 bits per heavy atom. The fourth-order valence-corrected chi connectivity index (χ4v) is 4.98. The molecule has 2 atom stereocenters. The molecule has 2 amide bonds. The number of rotatable bonds is 8. The number of fused-ring (bicyclic) bond motifs is 1. The normalized spacial score (nSPS) is 17.1. The van der Waals surface area contributed by atoms with Crippen LogP contribution in [0.1, 0.15) is 23.1 Å². The number of hydrogen-bond donors (Lipinski definition) is 2. The smallest absolute Gasteiger partial charge is 0.320 e. The van der Waals surface area contributed by atoms with Crippen LogP contribution in [0.3, 0.4) is 0 Å². The van der Waals surface area contributed by atoms with Crippen molar-refractivity contribution in [2.75, 3.05) is 32.1 Å². The number of methoxy groups -OCH3 is 1. The highest BCUT2D eigenvalue weighted by Gasteiger charge is 2.37. The van der Waals surface area contributed by atoms with E-state index in [0.29, 0.717) is 53.9 Å². The number of ether oxygens (including phenoxy) is 1. The van der Waals surface area contributed by atoms with Crippen molar-refractivity contribution in [3.05, 3.63) is 83.9 Å². The van der Waals surface area contributed by atoms with Crippen molar-refractivity contribution in [1.29, 1.82) is 0 Å². The van der Waals surface area contributed by atoms with Crippen molar-refractivity contribution in [1.82, 2.24) is 35.1 Å². The number of benzene rings is 1. The molecular formula is C29H29FN8O4. The van der Waals surface area contributed by atoms with Gasteiger partial charge in [0.1, 0.15) is 17.4 Å².